The normalized spacial score (nSPS) is 12.3. The van der Waals surface area contributed by atoms with E-state index in [1.807, 2.05) is 0 Å². The van der Waals surface area contributed by atoms with Gasteiger partial charge in [0.1, 0.15) is 0 Å². The number of aliphatic hydroxyl groups is 1. The molecule has 2 heterocycles. The van der Waals surface area contributed by atoms with E-state index >= 15 is 0 Å². The second kappa shape index (κ2) is 5.75. The van der Waals surface area contributed by atoms with Crippen molar-refractivity contribution in [2.24, 2.45) is 0 Å². The van der Waals surface area contributed by atoms with Crippen LogP contribution in [0.4, 0.5) is 5.82 Å². The zero-order chi connectivity index (χ0) is 13.0. The molecule has 2 rings (SSSR count). The maximum atomic E-state index is 10.2. The first kappa shape index (κ1) is 12.7. The van der Waals surface area contributed by atoms with Gasteiger partial charge in [0.05, 0.1) is 0 Å². The van der Waals surface area contributed by atoms with Gasteiger partial charge < -0.3 is 0 Å². The van der Waals surface area contributed by atoms with Crippen molar-refractivity contribution in [2.45, 2.75) is 12.6 Å². The van der Waals surface area contributed by atoms with Gasteiger partial charge in [0.25, 0.3) is 0 Å². The SMILES string of the molecule is Nc1c2ncnc-2ncn1C[C@@H](CO)OC#P=O. The molecule has 0 aromatic rings. The minimum absolute atomic E-state index is 0.237. The van der Waals surface area contributed by atoms with Crippen molar-refractivity contribution in [3.8, 4) is 17.3 Å². The van der Waals surface area contributed by atoms with E-state index in [9.17, 15) is 4.57 Å². The second-order valence-corrected chi connectivity index (χ2v) is 3.80. The third-order valence-corrected chi connectivity index (χ3v) is 2.49. The summed E-state index contributed by atoms with van der Waals surface area (Å²) in [6, 6.07) is 0. The first-order chi connectivity index (χ1) is 8.76. The molecule has 0 unspecified atom stereocenters. The Kier molecular flexibility index (Phi) is 4.07. The molecule has 8 nitrogen and oxygen atoms in total. The van der Waals surface area contributed by atoms with Gasteiger partial charge in [-0.1, -0.05) is 0 Å². The van der Waals surface area contributed by atoms with E-state index in [1.54, 1.807) is 4.57 Å². The van der Waals surface area contributed by atoms with Gasteiger partial charge in [-0.15, -0.1) is 0 Å². The molecule has 0 aromatic heterocycles. The van der Waals surface area contributed by atoms with Crippen molar-refractivity contribution in [2.75, 3.05) is 12.3 Å². The van der Waals surface area contributed by atoms with E-state index < -0.39 is 6.10 Å². The van der Waals surface area contributed by atoms with Crippen LogP contribution in [-0.4, -0.2) is 37.3 Å². The second-order valence-electron chi connectivity index (χ2n) is 3.43. The first-order valence-electron chi connectivity index (χ1n) is 5.01. The van der Waals surface area contributed by atoms with Crippen molar-refractivity contribution in [3.05, 3.63) is 12.7 Å². The van der Waals surface area contributed by atoms with Crippen LogP contribution in [0, 0.1) is 5.81 Å². The molecule has 2 aliphatic rings. The quantitative estimate of drug-likeness (QED) is 0.745. The molecule has 0 spiro atoms. The Morgan fingerprint density at radius 1 is 1.56 bits per heavy atom. The molecular formula is C9H10N5O3P. The average Bonchev–Trinajstić information content (AvgIpc) is 2.86. The Bertz CT molecular complexity index is 610. The zero-order valence-electron chi connectivity index (χ0n) is 9.22. The van der Waals surface area contributed by atoms with E-state index in [2.05, 4.69) is 20.8 Å². The molecule has 0 amide bonds. The van der Waals surface area contributed by atoms with Crippen LogP contribution in [0.1, 0.15) is 0 Å². The van der Waals surface area contributed by atoms with Crippen molar-refractivity contribution < 1.29 is 14.4 Å². The topological polar surface area (TPSA) is 116 Å². The van der Waals surface area contributed by atoms with Gasteiger partial charge in [0.2, 0.25) is 0 Å². The fourth-order valence-corrected chi connectivity index (χ4v) is 1.64. The third kappa shape index (κ3) is 2.57. The molecule has 0 fully saturated rings. The number of imidazole rings is 1. The number of hydrogen-bond donors (Lipinski definition) is 2. The van der Waals surface area contributed by atoms with E-state index in [0.29, 0.717) is 17.3 Å². The molecule has 0 saturated heterocycles. The molecule has 3 N–H and O–H groups in total. The van der Waals surface area contributed by atoms with E-state index in [-0.39, 0.29) is 21.1 Å². The summed E-state index contributed by atoms with van der Waals surface area (Å²) in [7, 11) is -0.379. The summed E-state index contributed by atoms with van der Waals surface area (Å²) in [5.41, 5.74) is 6.38. The third-order valence-electron chi connectivity index (χ3n) is 2.31. The Labute approximate surface area is 103 Å². The number of hydrogen-bond acceptors (Lipinski definition) is 7. The van der Waals surface area contributed by atoms with Crippen molar-refractivity contribution in [3.63, 3.8) is 0 Å². The summed E-state index contributed by atoms with van der Waals surface area (Å²) < 4.78 is 16.7. The molecule has 0 radical (unpaired) electrons. The molecule has 2 aliphatic heterocycles. The van der Waals surface area contributed by atoms with Crippen molar-refractivity contribution in [1.29, 1.82) is 0 Å². The molecule has 0 bridgehead atoms. The Hall–Kier alpha value is -1.72. The fraction of sp³-hybridized carbons (Fsp3) is 0.333. The summed E-state index contributed by atoms with van der Waals surface area (Å²) in [6.07, 6.45) is 2.24. The van der Waals surface area contributed by atoms with Crippen LogP contribution in [0.5, 0.6) is 0 Å². The van der Waals surface area contributed by atoms with Gasteiger partial charge in [0.15, 0.2) is 0 Å². The van der Waals surface area contributed by atoms with Crippen LogP contribution in [-0.2, 0) is 15.8 Å². The monoisotopic (exact) mass is 267 g/mol. The van der Waals surface area contributed by atoms with Crippen LogP contribution in [0.25, 0.3) is 11.5 Å². The molecule has 1 atom stereocenters. The van der Waals surface area contributed by atoms with Crippen molar-refractivity contribution >= 4 is 13.7 Å². The zero-order valence-corrected chi connectivity index (χ0v) is 10.1. The van der Waals surface area contributed by atoms with E-state index in [1.165, 1.54) is 12.7 Å². The van der Waals surface area contributed by atoms with Gasteiger partial charge in [-0.2, -0.15) is 0 Å². The molecule has 18 heavy (non-hydrogen) atoms. The van der Waals surface area contributed by atoms with Gasteiger partial charge in [-0.25, -0.2) is 0 Å². The number of aromatic nitrogens is 4. The Balaban J connectivity index is 2.24. The summed E-state index contributed by atoms with van der Waals surface area (Å²) in [6.45, 7) is -0.0274. The average molecular weight is 267 g/mol. The van der Waals surface area contributed by atoms with Crippen LogP contribution >= 0.6 is 7.92 Å². The number of rotatable bonds is 4. The maximum absolute atomic E-state index is 10.2. The van der Waals surface area contributed by atoms with Gasteiger partial charge in [0, 0.05) is 0 Å². The standard InChI is InChI=1S/C9H10N5O3P/c10-8-7-9(12-3-11-7)13-4-14(8)1-6(2-15)17-5-18-16/h3-4,6,15H,1-2,10H2/t6-/m0/s1. The van der Waals surface area contributed by atoms with Gasteiger partial charge in [-0.05, 0) is 0 Å². The van der Waals surface area contributed by atoms with E-state index in [0.717, 1.165) is 0 Å². The van der Waals surface area contributed by atoms with E-state index in [4.69, 9.17) is 15.6 Å². The summed E-state index contributed by atoms with van der Waals surface area (Å²) in [5, 5.41) is 9.11. The number of aliphatic hydroxyl groups excluding tert-OH is 1. The van der Waals surface area contributed by atoms with Gasteiger partial charge >= 0.3 is 103 Å². The molecule has 0 aliphatic carbocycles. The van der Waals surface area contributed by atoms with Crippen LogP contribution < -0.4 is 5.73 Å². The fourth-order valence-electron chi connectivity index (χ4n) is 1.45. The summed E-state index contributed by atoms with van der Waals surface area (Å²) >= 11 is 0. The van der Waals surface area contributed by atoms with Crippen LogP contribution in [0.2, 0.25) is 0 Å². The Morgan fingerprint density at radius 3 is 3.11 bits per heavy atom. The molecule has 94 valence electrons. The predicted molar refractivity (Wildman–Crippen MR) is 62.3 cm³/mol. The summed E-state index contributed by atoms with van der Waals surface area (Å²) in [5.74, 6) is 2.96. The molecule has 9 heteroatoms. The van der Waals surface area contributed by atoms with Crippen LogP contribution in [0.3, 0.4) is 0 Å². The number of anilines is 1. The van der Waals surface area contributed by atoms with Gasteiger partial charge in [-0.3, -0.25) is 0 Å². The number of nitrogens with zero attached hydrogens (tertiary/aromatic N) is 4. The number of fused-ring (bicyclic) bond motifs is 1. The van der Waals surface area contributed by atoms with Crippen molar-refractivity contribution in [1.82, 2.24) is 19.5 Å². The summed E-state index contributed by atoms with van der Waals surface area (Å²) in [4.78, 5) is 12.0. The number of nitrogen functional groups attached to an aromatic ring is 1. The van der Waals surface area contributed by atoms with Crippen LogP contribution in [0.15, 0.2) is 12.7 Å². The number of ether oxygens (including phenoxy) is 1. The molecule has 0 saturated carbocycles. The minimum atomic E-state index is -0.610. The molecular weight excluding hydrogens is 257 g/mol. The molecule has 0 aromatic carbocycles. The number of nitrogens with two attached hydrogens (primary N) is 1. The first-order valence-corrected chi connectivity index (χ1v) is 5.82. The Morgan fingerprint density at radius 2 is 2.39 bits per heavy atom. The predicted octanol–water partition coefficient (Wildman–Crippen LogP) is -0.0540.